The number of rotatable bonds is 6. The molecule has 0 aromatic rings. The van der Waals surface area contributed by atoms with Gasteiger partial charge in [-0.1, -0.05) is 55.5 Å². The number of hydrogen-bond donors (Lipinski definition) is 1. The third-order valence-electron chi connectivity index (χ3n) is 5.49. The van der Waals surface area contributed by atoms with Gasteiger partial charge in [-0.25, -0.2) is 0 Å². The Morgan fingerprint density at radius 1 is 1.39 bits per heavy atom. The maximum absolute atomic E-state index is 4.01. The van der Waals surface area contributed by atoms with E-state index in [9.17, 15) is 0 Å². The minimum Gasteiger partial charge on any atom is -0.308 e. The number of hydrogen-bond acceptors (Lipinski definition) is 1. The van der Waals surface area contributed by atoms with Crippen LogP contribution in [0.5, 0.6) is 0 Å². The lowest BCUT2D eigenvalue weighted by atomic mass is 9.83. The molecule has 1 heterocycles. The minimum absolute atomic E-state index is 0.432. The lowest BCUT2D eigenvalue weighted by Crippen LogP contribution is -2.13. The van der Waals surface area contributed by atoms with Gasteiger partial charge in [0.1, 0.15) is 0 Å². The maximum atomic E-state index is 4.01. The zero-order valence-corrected chi connectivity index (χ0v) is 14.5. The standard InChI is InChI=1S/C22H27N/c1-5-9-20-17(6-2)14-18-12-16(13-21(18)19(20)7-3)10-11-22(8-4)15-23-22/h5-6,9,13,23H,2-3,8,10-12,14-15H2,1,4H3. The summed E-state index contributed by atoms with van der Waals surface area (Å²) >= 11 is 0. The Hall–Kier alpha value is -1.82. The van der Waals surface area contributed by atoms with Crippen LogP contribution in [0, 0.1) is 0 Å². The van der Waals surface area contributed by atoms with Gasteiger partial charge >= 0.3 is 0 Å². The molecule has 0 radical (unpaired) electrons. The van der Waals surface area contributed by atoms with Crippen LogP contribution in [0.2, 0.25) is 0 Å². The van der Waals surface area contributed by atoms with Gasteiger partial charge in [-0.3, -0.25) is 0 Å². The molecule has 0 aromatic carbocycles. The molecule has 3 aliphatic rings. The molecule has 1 unspecified atom stereocenters. The largest absolute Gasteiger partial charge is 0.308 e. The first-order valence-electron chi connectivity index (χ1n) is 8.72. The average Bonchev–Trinajstić information content (AvgIpc) is 3.24. The molecule has 0 saturated carbocycles. The van der Waals surface area contributed by atoms with Gasteiger partial charge in [0.2, 0.25) is 0 Å². The van der Waals surface area contributed by atoms with Crippen molar-refractivity contribution < 1.29 is 0 Å². The summed E-state index contributed by atoms with van der Waals surface area (Å²) in [5.74, 6) is 0. The van der Waals surface area contributed by atoms with Gasteiger partial charge in [0.05, 0.1) is 0 Å². The quantitative estimate of drug-likeness (QED) is 0.520. The van der Waals surface area contributed by atoms with Gasteiger partial charge in [-0.15, -0.1) is 5.73 Å². The van der Waals surface area contributed by atoms with Crippen molar-refractivity contribution >= 4 is 0 Å². The Kier molecular flexibility index (Phi) is 4.43. The normalized spacial score (nSPS) is 26.5. The molecule has 3 rings (SSSR count). The molecule has 120 valence electrons. The van der Waals surface area contributed by atoms with Crippen LogP contribution in [0.4, 0.5) is 0 Å². The molecular weight excluding hydrogens is 278 g/mol. The lowest BCUT2D eigenvalue weighted by molar-refractivity contribution is 0.550. The van der Waals surface area contributed by atoms with Gasteiger partial charge in [-0.05, 0) is 55.7 Å². The van der Waals surface area contributed by atoms with Crippen LogP contribution >= 0.6 is 0 Å². The molecular formula is C22H27N. The van der Waals surface area contributed by atoms with E-state index in [1.54, 1.807) is 5.57 Å². The second-order valence-corrected chi connectivity index (χ2v) is 6.86. The Morgan fingerprint density at radius 2 is 2.17 bits per heavy atom. The van der Waals surface area contributed by atoms with E-state index in [0.29, 0.717) is 5.54 Å². The van der Waals surface area contributed by atoms with Crippen molar-refractivity contribution in [3.63, 3.8) is 0 Å². The molecule has 0 amide bonds. The van der Waals surface area contributed by atoms with Crippen molar-refractivity contribution in [1.82, 2.24) is 5.32 Å². The molecule has 1 fully saturated rings. The molecule has 2 aliphatic carbocycles. The zero-order valence-electron chi connectivity index (χ0n) is 14.5. The highest BCUT2D eigenvalue weighted by molar-refractivity contribution is 5.67. The van der Waals surface area contributed by atoms with Gasteiger partial charge in [0.25, 0.3) is 0 Å². The van der Waals surface area contributed by atoms with Gasteiger partial charge < -0.3 is 5.32 Å². The molecule has 1 nitrogen and oxygen atoms in total. The van der Waals surface area contributed by atoms with E-state index in [0.717, 1.165) is 18.4 Å². The topological polar surface area (TPSA) is 21.9 Å². The lowest BCUT2D eigenvalue weighted by Gasteiger charge is -2.20. The Bertz CT molecular complexity index is 698. The monoisotopic (exact) mass is 305 g/mol. The predicted molar refractivity (Wildman–Crippen MR) is 99.3 cm³/mol. The van der Waals surface area contributed by atoms with Crippen LogP contribution in [-0.4, -0.2) is 12.1 Å². The first kappa shape index (κ1) is 16.1. The highest BCUT2D eigenvalue weighted by Gasteiger charge is 2.39. The molecule has 1 N–H and O–H groups in total. The SMILES string of the molecule is C=C=C1C(C=CC)=C(C=C)CC2=C1C=C(CCC1(CC)CN1)C2. The van der Waals surface area contributed by atoms with Crippen LogP contribution in [0.1, 0.15) is 46.0 Å². The van der Waals surface area contributed by atoms with Crippen molar-refractivity contribution in [3.05, 3.63) is 76.6 Å². The Labute approximate surface area is 140 Å². The molecule has 1 heteroatoms. The number of nitrogens with one attached hydrogen (secondary N) is 1. The molecule has 0 spiro atoms. The van der Waals surface area contributed by atoms with Crippen molar-refractivity contribution in [2.24, 2.45) is 0 Å². The molecule has 1 saturated heterocycles. The van der Waals surface area contributed by atoms with Crippen molar-refractivity contribution in [2.45, 2.75) is 51.5 Å². The smallest absolute Gasteiger partial charge is 0.0307 e. The van der Waals surface area contributed by atoms with Gasteiger partial charge in [-0.2, -0.15) is 0 Å². The first-order chi connectivity index (χ1) is 11.2. The van der Waals surface area contributed by atoms with Gasteiger partial charge in [0, 0.05) is 17.7 Å². The third kappa shape index (κ3) is 3.00. The van der Waals surface area contributed by atoms with Crippen LogP contribution in [0.3, 0.4) is 0 Å². The van der Waals surface area contributed by atoms with E-state index in [-0.39, 0.29) is 0 Å². The van der Waals surface area contributed by atoms with Gasteiger partial charge in [0.15, 0.2) is 0 Å². The van der Waals surface area contributed by atoms with Crippen LogP contribution in [0.25, 0.3) is 0 Å². The summed E-state index contributed by atoms with van der Waals surface area (Å²) in [6.07, 6.45) is 14.5. The highest BCUT2D eigenvalue weighted by Crippen LogP contribution is 2.44. The zero-order chi connectivity index (χ0) is 16.4. The Balaban J connectivity index is 1.80. The third-order valence-corrected chi connectivity index (χ3v) is 5.49. The predicted octanol–water partition coefficient (Wildman–Crippen LogP) is 5.32. The maximum Gasteiger partial charge on any atom is 0.0307 e. The summed E-state index contributed by atoms with van der Waals surface area (Å²) in [5.41, 5.74) is 11.8. The minimum atomic E-state index is 0.432. The van der Waals surface area contributed by atoms with E-state index >= 15 is 0 Å². The fraction of sp³-hybridized carbons (Fsp3) is 0.409. The summed E-state index contributed by atoms with van der Waals surface area (Å²) in [5, 5.41) is 3.55. The van der Waals surface area contributed by atoms with E-state index in [1.807, 2.05) is 6.08 Å². The fourth-order valence-electron chi connectivity index (χ4n) is 3.78. The van der Waals surface area contributed by atoms with E-state index in [4.69, 9.17) is 0 Å². The summed E-state index contributed by atoms with van der Waals surface area (Å²) in [6.45, 7) is 13.5. The first-order valence-corrected chi connectivity index (χ1v) is 8.72. The van der Waals surface area contributed by atoms with Crippen LogP contribution in [0.15, 0.2) is 76.6 Å². The summed E-state index contributed by atoms with van der Waals surface area (Å²) < 4.78 is 0. The van der Waals surface area contributed by atoms with Crippen molar-refractivity contribution in [3.8, 4) is 0 Å². The van der Waals surface area contributed by atoms with Crippen molar-refractivity contribution in [1.29, 1.82) is 0 Å². The highest BCUT2D eigenvalue weighted by atomic mass is 15.2. The Morgan fingerprint density at radius 3 is 2.74 bits per heavy atom. The van der Waals surface area contributed by atoms with Crippen LogP contribution < -0.4 is 5.32 Å². The second kappa shape index (κ2) is 6.35. The fourth-order valence-corrected chi connectivity index (χ4v) is 3.78. The van der Waals surface area contributed by atoms with E-state index in [1.165, 1.54) is 48.1 Å². The number of allylic oxidation sites excluding steroid dienone is 10. The molecule has 0 bridgehead atoms. The van der Waals surface area contributed by atoms with E-state index < -0.39 is 0 Å². The van der Waals surface area contributed by atoms with Crippen LogP contribution in [-0.2, 0) is 0 Å². The summed E-state index contributed by atoms with van der Waals surface area (Å²) in [4.78, 5) is 0. The summed E-state index contributed by atoms with van der Waals surface area (Å²) in [7, 11) is 0. The molecule has 23 heavy (non-hydrogen) atoms. The van der Waals surface area contributed by atoms with E-state index in [2.05, 4.69) is 56.3 Å². The van der Waals surface area contributed by atoms with Crippen molar-refractivity contribution in [2.75, 3.05) is 6.54 Å². The molecule has 0 aromatic heterocycles. The second-order valence-electron chi connectivity index (χ2n) is 6.86. The summed E-state index contributed by atoms with van der Waals surface area (Å²) in [6, 6.07) is 0. The molecule has 1 aliphatic heterocycles. The molecule has 1 atom stereocenters. The average molecular weight is 305 g/mol.